The van der Waals surface area contributed by atoms with E-state index in [1.807, 2.05) is 0 Å². The van der Waals surface area contributed by atoms with Crippen molar-refractivity contribution in [2.24, 2.45) is 0 Å². The van der Waals surface area contributed by atoms with E-state index < -0.39 is 0 Å². The van der Waals surface area contributed by atoms with E-state index in [1.54, 1.807) is 5.57 Å². The second-order valence-corrected chi connectivity index (χ2v) is 7.44. The maximum Gasteiger partial charge on any atom is 0.102 e. The average Bonchev–Trinajstić information content (AvgIpc) is 2.56. The van der Waals surface area contributed by atoms with Gasteiger partial charge in [0.15, 0.2) is 0 Å². The van der Waals surface area contributed by atoms with Gasteiger partial charge in [-0.3, -0.25) is 0 Å². The smallest absolute Gasteiger partial charge is 0.102 e. The van der Waals surface area contributed by atoms with Crippen molar-refractivity contribution in [1.29, 1.82) is 0 Å². The summed E-state index contributed by atoms with van der Waals surface area (Å²) in [5.74, 6) is 1.32. The van der Waals surface area contributed by atoms with Gasteiger partial charge in [-0.1, -0.05) is 19.3 Å². The minimum absolute atomic E-state index is 0.363. The molecule has 2 heteroatoms. The van der Waals surface area contributed by atoms with Crippen LogP contribution in [-0.2, 0) is 4.74 Å². The summed E-state index contributed by atoms with van der Waals surface area (Å²) >= 11 is 2.12. The summed E-state index contributed by atoms with van der Waals surface area (Å²) in [4.78, 5) is 0. The number of thioether (sulfide) groups is 1. The standard InChI is InChI=1S/C15H26OS/c1-15(10-6-3-7-11-17-15)13-16-12-14-8-4-2-5-9-14/h12H,2-11,13H2,1H3. The van der Waals surface area contributed by atoms with Crippen molar-refractivity contribution >= 4 is 11.8 Å². The summed E-state index contributed by atoms with van der Waals surface area (Å²) in [7, 11) is 0. The van der Waals surface area contributed by atoms with Crippen molar-refractivity contribution in [3.8, 4) is 0 Å². The molecule has 0 aromatic rings. The van der Waals surface area contributed by atoms with E-state index in [0.717, 1.165) is 6.61 Å². The van der Waals surface area contributed by atoms with Gasteiger partial charge in [0, 0.05) is 4.75 Å². The minimum atomic E-state index is 0.363. The van der Waals surface area contributed by atoms with Gasteiger partial charge in [0.1, 0.15) is 6.61 Å². The summed E-state index contributed by atoms with van der Waals surface area (Å²) in [6.45, 7) is 3.28. The first-order chi connectivity index (χ1) is 8.29. The summed E-state index contributed by atoms with van der Waals surface area (Å²) in [6, 6.07) is 0. The van der Waals surface area contributed by atoms with Crippen LogP contribution in [0.3, 0.4) is 0 Å². The van der Waals surface area contributed by atoms with Crippen LogP contribution in [0.25, 0.3) is 0 Å². The van der Waals surface area contributed by atoms with E-state index in [9.17, 15) is 0 Å². The normalized spacial score (nSPS) is 30.8. The van der Waals surface area contributed by atoms with Crippen molar-refractivity contribution in [2.45, 2.75) is 69.5 Å². The van der Waals surface area contributed by atoms with Gasteiger partial charge in [-0.25, -0.2) is 0 Å². The Kier molecular flexibility index (Phi) is 5.27. The number of ether oxygens (including phenoxy) is 1. The monoisotopic (exact) mass is 254 g/mol. The first-order valence-electron chi connectivity index (χ1n) is 7.22. The summed E-state index contributed by atoms with van der Waals surface area (Å²) in [5, 5.41) is 0. The SMILES string of the molecule is CC1(COC=C2CCCCC2)CCCCCS1. The first-order valence-corrected chi connectivity index (χ1v) is 8.21. The molecular formula is C15H26OS. The molecule has 1 saturated heterocycles. The molecule has 1 heterocycles. The van der Waals surface area contributed by atoms with E-state index in [2.05, 4.69) is 24.9 Å². The molecule has 2 fully saturated rings. The number of rotatable bonds is 3. The number of hydrogen-bond acceptors (Lipinski definition) is 2. The topological polar surface area (TPSA) is 9.23 Å². The van der Waals surface area contributed by atoms with Crippen molar-refractivity contribution in [1.82, 2.24) is 0 Å². The Morgan fingerprint density at radius 3 is 2.71 bits per heavy atom. The molecule has 1 unspecified atom stereocenters. The number of hydrogen-bond donors (Lipinski definition) is 0. The van der Waals surface area contributed by atoms with Crippen LogP contribution in [-0.4, -0.2) is 17.1 Å². The molecule has 0 radical (unpaired) electrons. The lowest BCUT2D eigenvalue weighted by atomic mass is 9.96. The largest absolute Gasteiger partial charge is 0.500 e. The Labute approximate surface area is 110 Å². The second kappa shape index (κ2) is 6.72. The predicted molar refractivity (Wildman–Crippen MR) is 76.5 cm³/mol. The molecule has 2 aliphatic rings. The highest BCUT2D eigenvalue weighted by molar-refractivity contribution is 8.00. The molecule has 0 aromatic carbocycles. The molecule has 17 heavy (non-hydrogen) atoms. The zero-order valence-corrected chi connectivity index (χ0v) is 12.0. The van der Waals surface area contributed by atoms with Gasteiger partial charge in [0.2, 0.25) is 0 Å². The summed E-state index contributed by atoms with van der Waals surface area (Å²) < 4.78 is 6.25. The van der Waals surface area contributed by atoms with E-state index >= 15 is 0 Å². The Morgan fingerprint density at radius 2 is 1.88 bits per heavy atom. The molecule has 98 valence electrons. The lowest BCUT2D eigenvalue weighted by Gasteiger charge is -2.26. The molecule has 0 bridgehead atoms. The third-order valence-corrected chi connectivity index (χ3v) is 5.45. The van der Waals surface area contributed by atoms with E-state index in [1.165, 1.54) is 63.5 Å². The van der Waals surface area contributed by atoms with Crippen molar-refractivity contribution < 1.29 is 4.74 Å². The molecule has 1 nitrogen and oxygen atoms in total. The van der Waals surface area contributed by atoms with Crippen molar-refractivity contribution in [3.05, 3.63) is 11.8 Å². The highest BCUT2D eigenvalue weighted by Crippen LogP contribution is 2.35. The van der Waals surface area contributed by atoms with Crippen molar-refractivity contribution in [3.63, 3.8) is 0 Å². The Bertz CT molecular complexity index is 244. The Morgan fingerprint density at radius 1 is 1.12 bits per heavy atom. The van der Waals surface area contributed by atoms with Gasteiger partial charge in [0.05, 0.1) is 6.26 Å². The van der Waals surface area contributed by atoms with Crippen LogP contribution in [0.2, 0.25) is 0 Å². The molecular weight excluding hydrogens is 228 g/mol. The number of allylic oxidation sites excluding steroid dienone is 1. The average molecular weight is 254 g/mol. The summed E-state index contributed by atoms with van der Waals surface area (Å²) in [6.07, 6.45) is 14.2. The Hall–Kier alpha value is -0.110. The van der Waals surface area contributed by atoms with E-state index in [-0.39, 0.29) is 0 Å². The van der Waals surface area contributed by atoms with Gasteiger partial charge in [-0.15, -0.1) is 0 Å². The molecule has 1 atom stereocenters. The molecule has 1 aliphatic carbocycles. The minimum Gasteiger partial charge on any atom is -0.500 e. The maximum absolute atomic E-state index is 5.89. The maximum atomic E-state index is 5.89. The van der Waals surface area contributed by atoms with E-state index in [4.69, 9.17) is 4.74 Å². The highest BCUT2D eigenvalue weighted by Gasteiger charge is 2.26. The zero-order chi connectivity index (χ0) is 12.0. The fourth-order valence-corrected chi connectivity index (χ4v) is 4.02. The Balaban J connectivity index is 1.75. The molecule has 2 rings (SSSR count). The quantitative estimate of drug-likeness (QED) is 0.661. The van der Waals surface area contributed by atoms with Gasteiger partial charge in [-0.05, 0) is 56.8 Å². The molecule has 0 aromatic heterocycles. The highest BCUT2D eigenvalue weighted by atomic mass is 32.2. The van der Waals surface area contributed by atoms with Gasteiger partial charge in [0.25, 0.3) is 0 Å². The van der Waals surface area contributed by atoms with Crippen LogP contribution in [0.4, 0.5) is 0 Å². The molecule has 0 N–H and O–H groups in total. The van der Waals surface area contributed by atoms with Crippen LogP contribution < -0.4 is 0 Å². The summed E-state index contributed by atoms with van der Waals surface area (Å²) in [5.41, 5.74) is 1.54. The lowest BCUT2D eigenvalue weighted by Crippen LogP contribution is -2.25. The van der Waals surface area contributed by atoms with Crippen molar-refractivity contribution in [2.75, 3.05) is 12.4 Å². The van der Waals surface area contributed by atoms with E-state index in [0.29, 0.717) is 4.75 Å². The third kappa shape index (κ3) is 4.57. The fourth-order valence-electron chi connectivity index (χ4n) is 2.74. The van der Waals surface area contributed by atoms with Crippen LogP contribution >= 0.6 is 11.8 Å². The van der Waals surface area contributed by atoms with Gasteiger partial charge in [-0.2, -0.15) is 11.8 Å². The van der Waals surface area contributed by atoms with Crippen LogP contribution in [0, 0.1) is 0 Å². The van der Waals surface area contributed by atoms with Crippen LogP contribution in [0.5, 0.6) is 0 Å². The zero-order valence-electron chi connectivity index (χ0n) is 11.2. The van der Waals surface area contributed by atoms with Gasteiger partial charge < -0.3 is 4.74 Å². The predicted octanol–water partition coefficient (Wildman–Crippen LogP) is 4.92. The molecule has 0 amide bonds. The van der Waals surface area contributed by atoms with Gasteiger partial charge >= 0.3 is 0 Å². The first kappa shape index (κ1) is 13.3. The van der Waals surface area contributed by atoms with Crippen LogP contribution in [0.15, 0.2) is 11.8 Å². The molecule has 0 spiro atoms. The second-order valence-electron chi connectivity index (χ2n) is 5.76. The van der Waals surface area contributed by atoms with Crippen LogP contribution in [0.1, 0.15) is 64.7 Å². The molecule has 1 aliphatic heterocycles. The third-order valence-electron chi connectivity index (χ3n) is 3.93. The lowest BCUT2D eigenvalue weighted by molar-refractivity contribution is 0.208. The molecule has 1 saturated carbocycles. The fraction of sp³-hybridized carbons (Fsp3) is 0.867.